The second-order valence-electron chi connectivity index (χ2n) is 7.83. The molecule has 0 spiro atoms. The van der Waals surface area contributed by atoms with Crippen molar-refractivity contribution < 1.29 is 9.15 Å². The number of hydrogen-bond acceptors (Lipinski definition) is 6. The third kappa shape index (κ3) is 4.59. The van der Waals surface area contributed by atoms with Crippen molar-refractivity contribution in [2.75, 3.05) is 11.9 Å². The Labute approximate surface area is 191 Å². The van der Waals surface area contributed by atoms with E-state index in [0.29, 0.717) is 18.8 Å². The molecule has 0 saturated carbocycles. The molecule has 33 heavy (non-hydrogen) atoms. The molecule has 8 nitrogen and oxygen atoms in total. The molecule has 168 valence electrons. The number of hydrogen-bond donors (Lipinski definition) is 2. The first-order valence-electron chi connectivity index (χ1n) is 11.0. The van der Waals surface area contributed by atoms with Gasteiger partial charge in [-0.15, -0.1) is 0 Å². The second-order valence-corrected chi connectivity index (χ2v) is 7.83. The van der Waals surface area contributed by atoms with E-state index in [0.717, 1.165) is 58.1 Å². The third-order valence-electron chi connectivity index (χ3n) is 5.50. The van der Waals surface area contributed by atoms with Crippen molar-refractivity contribution in [2.45, 2.75) is 26.3 Å². The molecule has 5 aromatic rings. The maximum atomic E-state index is 5.94. The molecule has 2 N–H and O–H groups in total. The van der Waals surface area contributed by atoms with Crippen LogP contribution >= 0.6 is 0 Å². The minimum absolute atomic E-state index is 0.600. The number of benzene rings is 1. The molecule has 0 atom stereocenters. The van der Waals surface area contributed by atoms with E-state index >= 15 is 0 Å². The first kappa shape index (κ1) is 20.8. The number of aromatic amines is 1. The lowest BCUT2D eigenvalue weighted by Gasteiger charge is -2.13. The summed E-state index contributed by atoms with van der Waals surface area (Å²) in [4.78, 5) is 12.5. The Hall–Kier alpha value is -4.07. The number of nitrogens with zero attached hydrogens (tertiary/aromatic N) is 4. The number of H-pyrrole nitrogens is 1. The van der Waals surface area contributed by atoms with Crippen molar-refractivity contribution in [2.24, 2.45) is 7.05 Å². The fourth-order valence-electron chi connectivity index (χ4n) is 3.85. The van der Waals surface area contributed by atoms with Gasteiger partial charge in [-0.25, -0.2) is 9.97 Å². The number of aryl methyl sites for hydroxylation is 3. The summed E-state index contributed by atoms with van der Waals surface area (Å²) in [5, 5.41) is 7.79. The van der Waals surface area contributed by atoms with Crippen LogP contribution in [-0.4, -0.2) is 31.3 Å². The molecule has 4 heterocycles. The Morgan fingerprint density at radius 3 is 2.88 bits per heavy atom. The summed E-state index contributed by atoms with van der Waals surface area (Å²) in [6.07, 6.45) is 8.87. The molecule has 1 aromatic carbocycles. The summed E-state index contributed by atoms with van der Waals surface area (Å²) in [5.41, 5.74) is 5.77. The predicted molar refractivity (Wildman–Crippen MR) is 127 cm³/mol. The van der Waals surface area contributed by atoms with Crippen LogP contribution in [-0.2, 0) is 26.4 Å². The zero-order valence-electron chi connectivity index (χ0n) is 18.7. The van der Waals surface area contributed by atoms with Crippen LogP contribution in [0.1, 0.15) is 24.1 Å². The molecule has 0 aliphatic rings. The number of ether oxygens (including phenoxy) is 1. The molecule has 0 amide bonds. The molecular formula is C25H26N6O2. The van der Waals surface area contributed by atoms with Crippen molar-refractivity contribution in [1.82, 2.24) is 24.7 Å². The average molecular weight is 443 g/mol. The van der Waals surface area contributed by atoms with Gasteiger partial charge in [-0.3, -0.25) is 4.68 Å². The number of furan rings is 1. The van der Waals surface area contributed by atoms with Gasteiger partial charge in [0.25, 0.3) is 0 Å². The zero-order chi connectivity index (χ0) is 22.6. The van der Waals surface area contributed by atoms with Gasteiger partial charge in [0.1, 0.15) is 22.9 Å². The van der Waals surface area contributed by atoms with Gasteiger partial charge in [0.05, 0.1) is 24.8 Å². The van der Waals surface area contributed by atoms with E-state index < -0.39 is 0 Å². The van der Waals surface area contributed by atoms with Crippen LogP contribution in [0.15, 0.2) is 65.7 Å². The smallest absolute Gasteiger partial charge is 0.179 e. The lowest BCUT2D eigenvalue weighted by molar-refractivity contribution is 0.337. The van der Waals surface area contributed by atoms with E-state index in [-0.39, 0.29) is 0 Å². The Morgan fingerprint density at radius 1 is 1.15 bits per heavy atom. The molecule has 0 aliphatic heterocycles. The summed E-state index contributed by atoms with van der Waals surface area (Å²) in [6.45, 7) is 3.21. The molecule has 5 rings (SSSR count). The number of pyridine rings is 1. The van der Waals surface area contributed by atoms with Crippen LogP contribution < -0.4 is 10.1 Å². The van der Waals surface area contributed by atoms with Crippen molar-refractivity contribution in [3.8, 4) is 16.9 Å². The Bertz CT molecular complexity index is 1350. The van der Waals surface area contributed by atoms with Crippen LogP contribution in [0, 0.1) is 0 Å². The monoisotopic (exact) mass is 442 g/mol. The lowest BCUT2D eigenvalue weighted by atomic mass is 10.1. The third-order valence-corrected chi connectivity index (χ3v) is 5.50. The van der Waals surface area contributed by atoms with Crippen LogP contribution in [0.4, 0.5) is 5.69 Å². The Balaban J connectivity index is 1.34. The highest BCUT2D eigenvalue weighted by Crippen LogP contribution is 2.29. The highest BCUT2D eigenvalue weighted by atomic mass is 16.5. The standard InChI is InChI=1S/C25H26N6O2/c1-3-32-22-13-17(19-15-28-31(2)16-19)6-7-18(22)14-27-21-10-11-26-25-24(21)29-23(30-25)9-8-20-5-4-12-33-20/h4-7,10-13,15-16H,3,8-9,14H2,1-2H3,(H2,26,27,29,30). The molecule has 8 heteroatoms. The average Bonchev–Trinajstić information content (AvgIpc) is 3.58. The molecule has 0 aliphatic carbocycles. The molecule has 0 unspecified atom stereocenters. The second kappa shape index (κ2) is 9.20. The van der Waals surface area contributed by atoms with Gasteiger partial charge in [-0.1, -0.05) is 12.1 Å². The quantitative estimate of drug-likeness (QED) is 0.342. The molecule has 0 radical (unpaired) electrons. The lowest BCUT2D eigenvalue weighted by Crippen LogP contribution is -2.04. The number of rotatable bonds is 9. The Kier molecular flexibility index (Phi) is 5.80. The maximum absolute atomic E-state index is 5.94. The number of nitrogens with one attached hydrogen (secondary N) is 2. The van der Waals surface area contributed by atoms with Crippen molar-refractivity contribution in [3.63, 3.8) is 0 Å². The molecule has 0 fully saturated rings. The summed E-state index contributed by atoms with van der Waals surface area (Å²) in [5.74, 6) is 2.69. The number of fused-ring (bicyclic) bond motifs is 1. The minimum atomic E-state index is 0.600. The van der Waals surface area contributed by atoms with Crippen molar-refractivity contribution in [1.29, 1.82) is 0 Å². The van der Waals surface area contributed by atoms with Gasteiger partial charge in [0.15, 0.2) is 5.65 Å². The normalized spacial score (nSPS) is 11.2. The van der Waals surface area contributed by atoms with Crippen molar-refractivity contribution in [3.05, 3.63) is 78.4 Å². The first-order valence-corrected chi connectivity index (χ1v) is 11.0. The van der Waals surface area contributed by atoms with Gasteiger partial charge < -0.3 is 19.5 Å². The summed E-state index contributed by atoms with van der Waals surface area (Å²) < 4.78 is 13.2. The number of aromatic nitrogens is 5. The van der Waals surface area contributed by atoms with Crippen LogP contribution in [0.2, 0.25) is 0 Å². The predicted octanol–water partition coefficient (Wildman–Crippen LogP) is 4.75. The fourth-order valence-corrected chi connectivity index (χ4v) is 3.85. The van der Waals surface area contributed by atoms with Crippen LogP contribution in [0.3, 0.4) is 0 Å². The molecule has 0 saturated heterocycles. The fraction of sp³-hybridized carbons (Fsp3) is 0.240. The van der Waals surface area contributed by atoms with Gasteiger partial charge in [-0.05, 0) is 36.8 Å². The summed E-state index contributed by atoms with van der Waals surface area (Å²) >= 11 is 0. The summed E-state index contributed by atoms with van der Waals surface area (Å²) in [6, 6.07) is 12.1. The van der Waals surface area contributed by atoms with Gasteiger partial charge in [-0.2, -0.15) is 5.10 Å². The van der Waals surface area contributed by atoms with E-state index in [9.17, 15) is 0 Å². The SMILES string of the molecule is CCOc1cc(-c2cnn(C)c2)ccc1CNc1ccnc2nc(CCc3ccco3)[nH]c12. The largest absolute Gasteiger partial charge is 0.494 e. The van der Waals surface area contributed by atoms with Crippen LogP contribution in [0.5, 0.6) is 5.75 Å². The summed E-state index contributed by atoms with van der Waals surface area (Å²) in [7, 11) is 1.92. The van der Waals surface area contributed by atoms with Crippen molar-refractivity contribution >= 4 is 16.9 Å². The molecule has 4 aromatic heterocycles. The van der Waals surface area contributed by atoms with Gasteiger partial charge in [0, 0.05) is 50.0 Å². The maximum Gasteiger partial charge on any atom is 0.179 e. The van der Waals surface area contributed by atoms with E-state index in [1.165, 1.54) is 0 Å². The van der Waals surface area contributed by atoms with E-state index in [1.54, 1.807) is 17.1 Å². The highest BCUT2D eigenvalue weighted by Gasteiger charge is 2.12. The minimum Gasteiger partial charge on any atom is -0.494 e. The topological polar surface area (TPSA) is 93.8 Å². The highest BCUT2D eigenvalue weighted by molar-refractivity contribution is 5.85. The van der Waals surface area contributed by atoms with Gasteiger partial charge in [0.2, 0.25) is 0 Å². The number of anilines is 1. The van der Waals surface area contributed by atoms with E-state index in [1.807, 2.05) is 44.6 Å². The van der Waals surface area contributed by atoms with Gasteiger partial charge >= 0.3 is 0 Å². The number of imidazole rings is 1. The molecule has 0 bridgehead atoms. The van der Waals surface area contributed by atoms with E-state index in [2.05, 4.69) is 43.6 Å². The van der Waals surface area contributed by atoms with Crippen LogP contribution in [0.25, 0.3) is 22.3 Å². The first-order chi connectivity index (χ1) is 16.2. The molecular weight excluding hydrogens is 416 g/mol. The zero-order valence-corrected chi connectivity index (χ0v) is 18.7. The van der Waals surface area contributed by atoms with E-state index in [4.69, 9.17) is 9.15 Å². The Morgan fingerprint density at radius 2 is 2.09 bits per heavy atom.